The molecule has 0 radical (unpaired) electrons. The van der Waals surface area contributed by atoms with E-state index in [4.69, 9.17) is 0 Å². The molecule has 0 spiro atoms. The second-order valence-electron chi connectivity index (χ2n) is 4.00. The summed E-state index contributed by atoms with van der Waals surface area (Å²) in [6.45, 7) is 0. The van der Waals surface area contributed by atoms with Crippen LogP contribution in [0.25, 0.3) is 0 Å². The summed E-state index contributed by atoms with van der Waals surface area (Å²) in [4.78, 5) is 0. The van der Waals surface area contributed by atoms with Crippen LogP contribution in [0.4, 0.5) is 18.9 Å². The summed E-state index contributed by atoms with van der Waals surface area (Å²) in [6, 6.07) is 1.57. The largest absolute Gasteiger partial charge is 0.391 e. The molecular formula is C11H12F3NO. The molecule has 1 aliphatic carbocycles. The molecular weight excluding hydrogens is 219 g/mol. The highest BCUT2D eigenvalue weighted by Crippen LogP contribution is 2.24. The molecule has 2 nitrogen and oxygen atoms in total. The van der Waals surface area contributed by atoms with Crippen molar-refractivity contribution >= 4 is 5.69 Å². The highest BCUT2D eigenvalue weighted by atomic mass is 19.2. The number of nitrogens with one attached hydrogen (secondary N) is 1. The Hall–Kier alpha value is -1.23. The molecule has 0 heterocycles. The highest BCUT2D eigenvalue weighted by molar-refractivity contribution is 5.45. The number of hydrogen-bond donors (Lipinski definition) is 2. The van der Waals surface area contributed by atoms with Crippen molar-refractivity contribution in [3.63, 3.8) is 0 Å². The Bertz CT molecular complexity index is 374. The van der Waals surface area contributed by atoms with Crippen molar-refractivity contribution in [2.45, 2.75) is 31.4 Å². The van der Waals surface area contributed by atoms with Crippen LogP contribution in [0.1, 0.15) is 19.3 Å². The van der Waals surface area contributed by atoms with Crippen molar-refractivity contribution < 1.29 is 18.3 Å². The van der Waals surface area contributed by atoms with Crippen LogP contribution in [0, 0.1) is 17.5 Å². The molecule has 2 atom stereocenters. The topological polar surface area (TPSA) is 32.3 Å². The molecule has 0 bridgehead atoms. The van der Waals surface area contributed by atoms with Gasteiger partial charge in [-0.2, -0.15) is 0 Å². The van der Waals surface area contributed by atoms with Crippen molar-refractivity contribution in [1.82, 2.24) is 0 Å². The summed E-state index contributed by atoms with van der Waals surface area (Å²) in [7, 11) is 0. The molecule has 5 heteroatoms. The van der Waals surface area contributed by atoms with Gasteiger partial charge in [0.05, 0.1) is 12.1 Å². The lowest BCUT2D eigenvalue weighted by atomic mass is 10.2. The number of benzene rings is 1. The minimum atomic E-state index is -1.47. The molecule has 1 aromatic carbocycles. The monoisotopic (exact) mass is 231 g/mol. The second kappa shape index (κ2) is 4.33. The summed E-state index contributed by atoms with van der Waals surface area (Å²) < 4.78 is 38.5. The van der Waals surface area contributed by atoms with Crippen molar-refractivity contribution in [2.75, 3.05) is 5.32 Å². The Morgan fingerprint density at radius 1 is 1.12 bits per heavy atom. The Balaban J connectivity index is 2.15. The van der Waals surface area contributed by atoms with Crippen LogP contribution in [0.3, 0.4) is 0 Å². The zero-order chi connectivity index (χ0) is 11.7. The zero-order valence-electron chi connectivity index (χ0n) is 8.51. The van der Waals surface area contributed by atoms with E-state index in [1.807, 2.05) is 0 Å². The Labute approximate surface area is 91.1 Å². The lowest BCUT2D eigenvalue weighted by Gasteiger charge is -2.17. The third-order valence-corrected chi connectivity index (χ3v) is 2.82. The normalized spacial score (nSPS) is 24.8. The fraction of sp³-hybridized carbons (Fsp3) is 0.455. The van der Waals surface area contributed by atoms with Crippen molar-refractivity contribution in [3.05, 3.63) is 29.6 Å². The molecule has 16 heavy (non-hydrogen) atoms. The number of aliphatic hydroxyl groups is 1. The van der Waals surface area contributed by atoms with Gasteiger partial charge < -0.3 is 10.4 Å². The van der Waals surface area contributed by atoms with E-state index in [0.29, 0.717) is 6.42 Å². The number of anilines is 1. The van der Waals surface area contributed by atoms with Gasteiger partial charge >= 0.3 is 0 Å². The fourth-order valence-corrected chi connectivity index (χ4v) is 1.96. The molecule has 0 aliphatic heterocycles. The quantitative estimate of drug-likeness (QED) is 0.766. The molecule has 0 saturated heterocycles. The lowest BCUT2D eigenvalue weighted by Crippen LogP contribution is -2.28. The van der Waals surface area contributed by atoms with E-state index in [1.54, 1.807) is 0 Å². The summed E-state index contributed by atoms with van der Waals surface area (Å²) in [5, 5.41) is 12.3. The van der Waals surface area contributed by atoms with Gasteiger partial charge in [-0.3, -0.25) is 0 Å². The van der Waals surface area contributed by atoms with Gasteiger partial charge in [0.2, 0.25) is 0 Å². The minimum Gasteiger partial charge on any atom is -0.391 e. The van der Waals surface area contributed by atoms with E-state index >= 15 is 0 Å². The molecule has 1 aromatic rings. The van der Waals surface area contributed by atoms with Crippen LogP contribution >= 0.6 is 0 Å². The average Bonchev–Trinajstić information content (AvgIpc) is 2.61. The molecule has 2 rings (SSSR count). The van der Waals surface area contributed by atoms with Gasteiger partial charge in [0, 0.05) is 17.8 Å². The van der Waals surface area contributed by atoms with Crippen LogP contribution in [0.5, 0.6) is 0 Å². The van der Waals surface area contributed by atoms with Gasteiger partial charge in [-0.25, -0.2) is 13.2 Å². The molecule has 1 fully saturated rings. The summed E-state index contributed by atoms with van der Waals surface area (Å²) in [5.74, 6) is -3.93. The van der Waals surface area contributed by atoms with Gasteiger partial charge in [-0.05, 0) is 19.3 Å². The van der Waals surface area contributed by atoms with Gasteiger partial charge in [-0.15, -0.1) is 0 Å². The van der Waals surface area contributed by atoms with E-state index in [2.05, 4.69) is 5.32 Å². The van der Waals surface area contributed by atoms with Gasteiger partial charge in [0.1, 0.15) is 0 Å². The van der Waals surface area contributed by atoms with Crippen LogP contribution < -0.4 is 5.32 Å². The fourth-order valence-electron chi connectivity index (χ4n) is 1.96. The first-order chi connectivity index (χ1) is 7.58. The molecule has 1 saturated carbocycles. The first-order valence-electron chi connectivity index (χ1n) is 5.17. The Morgan fingerprint density at radius 3 is 2.25 bits per heavy atom. The maximum atomic E-state index is 12.9. The highest BCUT2D eigenvalue weighted by Gasteiger charge is 2.25. The van der Waals surface area contributed by atoms with Gasteiger partial charge in [0.15, 0.2) is 17.5 Å². The molecule has 2 N–H and O–H groups in total. The maximum Gasteiger partial charge on any atom is 0.194 e. The predicted molar refractivity (Wildman–Crippen MR) is 53.6 cm³/mol. The third kappa shape index (κ3) is 2.14. The van der Waals surface area contributed by atoms with Crippen LogP contribution in [-0.2, 0) is 0 Å². The standard InChI is InChI=1S/C11H12F3NO/c12-7-4-6(5-8(13)11(7)14)15-9-2-1-3-10(9)16/h4-5,9-10,15-16H,1-3H2/t9-,10-/m1/s1. The minimum absolute atomic E-state index is 0.155. The number of rotatable bonds is 2. The van der Waals surface area contributed by atoms with Gasteiger partial charge in [0.25, 0.3) is 0 Å². The van der Waals surface area contributed by atoms with E-state index < -0.39 is 23.6 Å². The lowest BCUT2D eigenvalue weighted by molar-refractivity contribution is 0.172. The molecule has 88 valence electrons. The van der Waals surface area contributed by atoms with E-state index in [-0.39, 0.29) is 11.7 Å². The predicted octanol–water partition coefficient (Wildman–Crippen LogP) is 2.43. The Kier molecular flexibility index (Phi) is 3.05. The third-order valence-electron chi connectivity index (χ3n) is 2.82. The van der Waals surface area contributed by atoms with Crippen molar-refractivity contribution in [3.8, 4) is 0 Å². The Morgan fingerprint density at radius 2 is 1.75 bits per heavy atom. The van der Waals surface area contributed by atoms with E-state index in [9.17, 15) is 18.3 Å². The first-order valence-corrected chi connectivity index (χ1v) is 5.17. The number of halogens is 3. The number of hydrogen-bond acceptors (Lipinski definition) is 2. The summed E-state index contributed by atoms with van der Waals surface area (Å²) in [6.07, 6.45) is 1.76. The summed E-state index contributed by atoms with van der Waals surface area (Å²) in [5.41, 5.74) is 0.155. The van der Waals surface area contributed by atoms with Crippen LogP contribution in [0.2, 0.25) is 0 Å². The smallest absolute Gasteiger partial charge is 0.194 e. The molecule has 1 aliphatic rings. The molecule has 0 amide bonds. The zero-order valence-corrected chi connectivity index (χ0v) is 8.51. The van der Waals surface area contributed by atoms with Crippen molar-refractivity contribution in [2.24, 2.45) is 0 Å². The average molecular weight is 231 g/mol. The van der Waals surface area contributed by atoms with E-state index in [1.165, 1.54) is 0 Å². The van der Waals surface area contributed by atoms with Crippen molar-refractivity contribution in [1.29, 1.82) is 0 Å². The molecule has 0 unspecified atom stereocenters. The summed E-state index contributed by atoms with van der Waals surface area (Å²) >= 11 is 0. The first kappa shape index (κ1) is 11.3. The SMILES string of the molecule is O[C@@H]1CCC[C@H]1Nc1cc(F)c(F)c(F)c1. The van der Waals surface area contributed by atoms with Crippen LogP contribution in [0.15, 0.2) is 12.1 Å². The van der Waals surface area contributed by atoms with E-state index in [0.717, 1.165) is 25.0 Å². The second-order valence-corrected chi connectivity index (χ2v) is 4.00. The number of aliphatic hydroxyl groups excluding tert-OH is 1. The van der Waals surface area contributed by atoms with Crippen LogP contribution in [-0.4, -0.2) is 17.3 Å². The molecule has 0 aromatic heterocycles. The maximum absolute atomic E-state index is 12.9. The van der Waals surface area contributed by atoms with Gasteiger partial charge in [-0.1, -0.05) is 0 Å².